The number of ether oxygens (including phenoxy) is 1. The molecule has 18 heavy (non-hydrogen) atoms. The maximum atomic E-state index is 11.6. The minimum absolute atomic E-state index is 0.304. The molecule has 2 atom stereocenters. The smallest absolute Gasteiger partial charge is 0.330 e. The van der Waals surface area contributed by atoms with Crippen LogP contribution in [0.15, 0.2) is 21.9 Å². The lowest BCUT2D eigenvalue weighted by molar-refractivity contribution is -0.0649. The molecule has 0 saturated carbocycles. The Hall–Kier alpha value is -1.55. The molecule has 1 aromatic rings. The molecular weight excluding hydrogens is 260 g/mol. The second-order valence-electron chi connectivity index (χ2n) is 4.00. The molecule has 2 rings (SSSR count). The molecule has 0 radical (unpaired) electrons. The Morgan fingerprint density at radius 2 is 2.44 bits per heavy atom. The van der Waals surface area contributed by atoms with E-state index >= 15 is 0 Å². The number of aliphatic hydroxyl groups is 1. The van der Waals surface area contributed by atoms with Crippen molar-refractivity contribution in [3.63, 3.8) is 0 Å². The summed E-state index contributed by atoms with van der Waals surface area (Å²) in [5.41, 5.74) is -2.06. The van der Waals surface area contributed by atoms with Crippen LogP contribution in [0.3, 0.4) is 0 Å². The van der Waals surface area contributed by atoms with E-state index in [1.165, 1.54) is 16.8 Å². The number of hydrogen-bond acceptors (Lipinski definition) is 4. The maximum Gasteiger partial charge on any atom is 0.330 e. The van der Waals surface area contributed by atoms with Gasteiger partial charge in [0.25, 0.3) is 5.56 Å². The zero-order valence-electron chi connectivity index (χ0n) is 9.35. The summed E-state index contributed by atoms with van der Waals surface area (Å²) in [6.45, 7) is -0.304. The summed E-state index contributed by atoms with van der Waals surface area (Å²) in [6, 6.07) is 1.23. The number of halogens is 1. The lowest BCUT2D eigenvalue weighted by Crippen LogP contribution is -2.35. The van der Waals surface area contributed by atoms with Crippen molar-refractivity contribution in [2.75, 3.05) is 6.61 Å². The van der Waals surface area contributed by atoms with Crippen molar-refractivity contribution >= 4 is 11.6 Å². The molecule has 1 aliphatic heterocycles. The van der Waals surface area contributed by atoms with Crippen LogP contribution in [-0.2, 0) is 4.74 Å². The van der Waals surface area contributed by atoms with E-state index in [-0.39, 0.29) is 6.61 Å². The van der Waals surface area contributed by atoms with Gasteiger partial charge in [-0.25, -0.2) is 4.79 Å². The topological polar surface area (TPSA) is 84.3 Å². The van der Waals surface area contributed by atoms with Crippen LogP contribution in [0.1, 0.15) is 19.1 Å². The minimum Gasteiger partial charge on any atom is -0.392 e. The number of aromatic nitrogens is 2. The Bertz CT molecular complexity index is 612. The zero-order chi connectivity index (χ0) is 13.2. The van der Waals surface area contributed by atoms with Gasteiger partial charge in [-0.1, -0.05) is 0 Å². The third kappa shape index (κ3) is 2.34. The third-order valence-electron chi connectivity index (χ3n) is 2.85. The number of hydrogen-bond donors (Lipinski definition) is 2. The van der Waals surface area contributed by atoms with Gasteiger partial charge in [0.15, 0.2) is 5.60 Å². The molecule has 1 saturated heterocycles. The highest BCUT2D eigenvalue weighted by Gasteiger charge is 2.39. The first-order valence-electron chi connectivity index (χ1n) is 5.33. The molecule has 0 bridgehead atoms. The molecule has 0 spiro atoms. The van der Waals surface area contributed by atoms with Crippen molar-refractivity contribution in [3.05, 3.63) is 33.1 Å². The molecular formula is C11H11ClN2O4. The van der Waals surface area contributed by atoms with E-state index in [2.05, 4.69) is 16.3 Å². The highest BCUT2D eigenvalue weighted by molar-refractivity contribution is 6.30. The SMILES string of the molecule is O=c1ccn(C2CCC(C#CCl)(CO)O2)c(=O)[nH]1. The van der Waals surface area contributed by atoms with Crippen LogP contribution in [0.5, 0.6) is 0 Å². The number of aromatic amines is 1. The summed E-state index contributed by atoms with van der Waals surface area (Å²) in [6.07, 6.45) is 1.74. The molecule has 1 aromatic heterocycles. The second kappa shape index (κ2) is 4.98. The normalized spacial score (nSPS) is 26.7. The number of aliphatic hydroxyl groups excluding tert-OH is 1. The van der Waals surface area contributed by atoms with Crippen LogP contribution in [0.2, 0.25) is 0 Å². The number of nitrogens with zero attached hydrogens (tertiary/aromatic N) is 1. The van der Waals surface area contributed by atoms with Crippen LogP contribution in [0.4, 0.5) is 0 Å². The molecule has 1 fully saturated rings. The molecule has 6 nitrogen and oxygen atoms in total. The van der Waals surface area contributed by atoms with Crippen LogP contribution in [0.25, 0.3) is 0 Å². The van der Waals surface area contributed by atoms with Gasteiger partial charge in [0, 0.05) is 17.6 Å². The van der Waals surface area contributed by atoms with E-state index in [0.29, 0.717) is 12.8 Å². The molecule has 1 aliphatic rings. The second-order valence-corrected chi connectivity index (χ2v) is 4.19. The van der Waals surface area contributed by atoms with E-state index in [4.69, 9.17) is 16.3 Å². The Kier molecular flexibility index (Phi) is 3.57. The number of nitrogens with one attached hydrogen (secondary N) is 1. The molecule has 2 unspecified atom stereocenters. The van der Waals surface area contributed by atoms with Crippen LogP contribution in [0, 0.1) is 11.3 Å². The molecule has 7 heteroatoms. The average Bonchev–Trinajstić information content (AvgIpc) is 2.74. The Morgan fingerprint density at radius 1 is 1.67 bits per heavy atom. The van der Waals surface area contributed by atoms with Gasteiger partial charge >= 0.3 is 5.69 Å². The largest absolute Gasteiger partial charge is 0.392 e. The molecule has 0 aliphatic carbocycles. The average molecular weight is 271 g/mol. The van der Waals surface area contributed by atoms with Crippen molar-refractivity contribution in [3.8, 4) is 11.3 Å². The molecule has 0 aromatic carbocycles. The van der Waals surface area contributed by atoms with Crippen molar-refractivity contribution in [1.82, 2.24) is 9.55 Å². The predicted octanol–water partition coefficient (Wildman–Crippen LogP) is -0.224. The Balaban J connectivity index is 2.30. The first-order valence-corrected chi connectivity index (χ1v) is 5.71. The quantitative estimate of drug-likeness (QED) is 0.728. The van der Waals surface area contributed by atoms with Crippen molar-refractivity contribution in [1.29, 1.82) is 0 Å². The van der Waals surface area contributed by atoms with Gasteiger partial charge in [0.1, 0.15) is 6.23 Å². The first-order chi connectivity index (χ1) is 8.60. The van der Waals surface area contributed by atoms with E-state index in [0.717, 1.165) is 0 Å². The fourth-order valence-corrected chi connectivity index (χ4v) is 2.09. The van der Waals surface area contributed by atoms with Gasteiger partial charge in [-0.15, -0.1) is 0 Å². The monoisotopic (exact) mass is 270 g/mol. The zero-order valence-corrected chi connectivity index (χ0v) is 10.1. The fraction of sp³-hybridized carbons (Fsp3) is 0.455. The summed E-state index contributed by atoms with van der Waals surface area (Å²) in [4.78, 5) is 24.7. The van der Waals surface area contributed by atoms with E-state index in [1.54, 1.807) is 0 Å². The molecule has 0 amide bonds. The Morgan fingerprint density at radius 3 is 3.06 bits per heavy atom. The highest BCUT2D eigenvalue weighted by atomic mass is 35.5. The molecule has 2 heterocycles. The van der Waals surface area contributed by atoms with E-state index in [1.807, 2.05) is 0 Å². The van der Waals surface area contributed by atoms with Crippen molar-refractivity contribution < 1.29 is 9.84 Å². The predicted molar refractivity (Wildman–Crippen MR) is 64.1 cm³/mol. The Labute approximate surface area is 107 Å². The van der Waals surface area contributed by atoms with E-state index in [9.17, 15) is 14.7 Å². The summed E-state index contributed by atoms with van der Waals surface area (Å²) >= 11 is 5.33. The standard InChI is InChI=1S/C11H11ClN2O4/c12-5-4-11(7-15)3-1-9(18-11)14-6-2-8(16)13-10(14)17/h2,6,9,15H,1,3,7H2,(H,13,16,17). The van der Waals surface area contributed by atoms with Crippen molar-refractivity contribution in [2.24, 2.45) is 0 Å². The first kappa shape index (κ1) is 12.9. The molecule has 2 N–H and O–H groups in total. The van der Waals surface area contributed by atoms with Gasteiger partial charge in [-0.2, -0.15) is 0 Å². The molecule has 96 valence electrons. The lowest BCUT2D eigenvalue weighted by Gasteiger charge is -2.21. The minimum atomic E-state index is -1.04. The summed E-state index contributed by atoms with van der Waals surface area (Å²) < 4.78 is 6.84. The van der Waals surface area contributed by atoms with Crippen LogP contribution in [-0.4, -0.2) is 26.9 Å². The summed E-state index contributed by atoms with van der Waals surface area (Å²) in [5, 5.41) is 11.5. The lowest BCUT2D eigenvalue weighted by atomic mass is 10.0. The van der Waals surface area contributed by atoms with Crippen LogP contribution >= 0.6 is 11.6 Å². The summed E-state index contributed by atoms with van der Waals surface area (Å²) in [7, 11) is 0. The van der Waals surface area contributed by atoms with Crippen molar-refractivity contribution in [2.45, 2.75) is 24.7 Å². The van der Waals surface area contributed by atoms with Gasteiger partial charge in [-0.3, -0.25) is 14.3 Å². The third-order valence-corrected chi connectivity index (χ3v) is 2.94. The highest BCUT2D eigenvalue weighted by Crippen LogP contribution is 2.34. The number of H-pyrrole nitrogens is 1. The van der Waals surface area contributed by atoms with Gasteiger partial charge in [-0.05, 0) is 30.4 Å². The van der Waals surface area contributed by atoms with Gasteiger partial charge in [0.2, 0.25) is 0 Å². The van der Waals surface area contributed by atoms with Gasteiger partial charge in [0.05, 0.1) is 6.61 Å². The fourth-order valence-electron chi connectivity index (χ4n) is 1.92. The van der Waals surface area contributed by atoms with Gasteiger partial charge < -0.3 is 9.84 Å². The number of rotatable bonds is 2. The van der Waals surface area contributed by atoms with Crippen LogP contribution < -0.4 is 11.2 Å². The summed E-state index contributed by atoms with van der Waals surface area (Å²) in [5.74, 6) is 2.59. The van der Waals surface area contributed by atoms with E-state index < -0.39 is 23.1 Å². The maximum absolute atomic E-state index is 11.6.